The van der Waals surface area contributed by atoms with Crippen molar-refractivity contribution < 1.29 is 14.6 Å². The number of aromatic carboxylic acids is 1. The van der Waals surface area contributed by atoms with Gasteiger partial charge in [0.15, 0.2) is 0 Å². The first-order valence-corrected chi connectivity index (χ1v) is 5.63. The van der Waals surface area contributed by atoms with Crippen molar-refractivity contribution in [3.05, 3.63) is 48.2 Å². The maximum absolute atomic E-state index is 10.7. The van der Waals surface area contributed by atoms with Crippen molar-refractivity contribution in [1.29, 1.82) is 0 Å². The number of rotatable bonds is 4. The fourth-order valence-electron chi connectivity index (χ4n) is 1.59. The van der Waals surface area contributed by atoms with Crippen LogP contribution in [0.3, 0.4) is 0 Å². The molecule has 1 heterocycles. The number of hydrogen-bond acceptors (Lipinski definition) is 3. The van der Waals surface area contributed by atoms with Crippen LogP contribution in [-0.2, 0) is 0 Å². The van der Waals surface area contributed by atoms with Gasteiger partial charge in [-0.25, -0.2) is 4.79 Å². The van der Waals surface area contributed by atoms with Crippen LogP contribution >= 0.6 is 0 Å². The van der Waals surface area contributed by atoms with E-state index in [-0.39, 0.29) is 5.56 Å². The molecule has 2 rings (SSSR count). The zero-order valence-electron chi connectivity index (χ0n) is 9.96. The first kappa shape index (κ1) is 12.1. The summed E-state index contributed by atoms with van der Waals surface area (Å²) in [5, 5.41) is 8.81. The van der Waals surface area contributed by atoms with Gasteiger partial charge < -0.3 is 9.84 Å². The van der Waals surface area contributed by atoms with Gasteiger partial charge >= 0.3 is 5.97 Å². The highest BCUT2D eigenvalue weighted by molar-refractivity contribution is 5.88. The number of carbonyl (C=O) groups is 1. The molecular formula is C14H13NO3. The van der Waals surface area contributed by atoms with E-state index in [1.807, 2.05) is 19.1 Å². The second kappa shape index (κ2) is 5.31. The first-order valence-electron chi connectivity index (χ1n) is 5.63. The molecule has 4 heteroatoms. The van der Waals surface area contributed by atoms with Gasteiger partial charge in [0, 0.05) is 5.56 Å². The molecule has 0 aliphatic rings. The largest absolute Gasteiger partial charge is 0.492 e. The highest BCUT2D eigenvalue weighted by Gasteiger charge is 2.04. The number of aromatic nitrogens is 1. The lowest BCUT2D eigenvalue weighted by atomic mass is 10.1. The molecule has 0 saturated carbocycles. The van der Waals surface area contributed by atoms with Crippen molar-refractivity contribution in [2.24, 2.45) is 0 Å². The summed E-state index contributed by atoms with van der Waals surface area (Å²) in [6, 6.07) is 10.3. The average molecular weight is 243 g/mol. The third kappa shape index (κ3) is 2.66. The summed E-state index contributed by atoms with van der Waals surface area (Å²) in [6.07, 6.45) is 1.66. The topological polar surface area (TPSA) is 59.4 Å². The molecule has 0 fully saturated rings. The fourth-order valence-corrected chi connectivity index (χ4v) is 1.59. The lowest BCUT2D eigenvalue weighted by Crippen LogP contribution is -1.95. The molecule has 0 saturated heterocycles. The van der Waals surface area contributed by atoms with E-state index in [1.54, 1.807) is 30.5 Å². The fraction of sp³-hybridized carbons (Fsp3) is 0.143. The van der Waals surface area contributed by atoms with Gasteiger partial charge in [-0.15, -0.1) is 0 Å². The van der Waals surface area contributed by atoms with Crippen molar-refractivity contribution in [2.75, 3.05) is 6.61 Å². The number of nitrogens with zero attached hydrogens (tertiary/aromatic N) is 1. The summed E-state index contributed by atoms with van der Waals surface area (Å²) >= 11 is 0. The maximum atomic E-state index is 10.7. The molecule has 0 aliphatic heterocycles. The van der Waals surface area contributed by atoms with E-state index in [0.29, 0.717) is 6.61 Å². The highest BCUT2D eigenvalue weighted by atomic mass is 16.5. The van der Waals surface area contributed by atoms with Gasteiger partial charge in [-0.1, -0.05) is 12.1 Å². The van der Waals surface area contributed by atoms with Crippen LogP contribution in [0.15, 0.2) is 42.6 Å². The predicted molar refractivity (Wildman–Crippen MR) is 67.8 cm³/mol. The number of benzene rings is 1. The minimum atomic E-state index is -0.929. The Morgan fingerprint density at radius 2 is 1.94 bits per heavy atom. The summed E-state index contributed by atoms with van der Waals surface area (Å²) in [5.74, 6) is -0.204. The Labute approximate surface area is 105 Å². The molecule has 2 aromatic rings. The second-order valence-electron chi connectivity index (χ2n) is 3.69. The van der Waals surface area contributed by atoms with Crippen molar-refractivity contribution in [1.82, 2.24) is 4.98 Å². The Hall–Kier alpha value is -2.36. The molecule has 1 N–H and O–H groups in total. The molecule has 0 amide bonds. The van der Waals surface area contributed by atoms with E-state index < -0.39 is 5.97 Å². The van der Waals surface area contributed by atoms with Gasteiger partial charge in [-0.3, -0.25) is 4.98 Å². The van der Waals surface area contributed by atoms with Crippen molar-refractivity contribution in [3.8, 4) is 17.0 Å². The number of carboxylic acids is 1. The Bertz CT molecular complexity index is 532. The van der Waals surface area contributed by atoms with Crippen LogP contribution in [-0.4, -0.2) is 22.7 Å². The van der Waals surface area contributed by atoms with Crippen LogP contribution in [0.25, 0.3) is 11.3 Å². The maximum Gasteiger partial charge on any atom is 0.335 e. The minimum Gasteiger partial charge on any atom is -0.492 e. The monoisotopic (exact) mass is 243 g/mol. The van der Waals surface area contributed by atoms with E-state index in [1.165, 1.54) is 0 Å². The molecular weight excluding hydrogens is 230 g/mol. The van der Waals surface area contributed by atoms with Crippen LogP contribution in [0.2, 0.25) is 0 Å². The molecule has 4 nitrogen and oxygen atoms in total. The molecule has 18 heavy (non-hydrogen) atoms. The average Bonchev–Trinajstić information content (AvgIpc) is 2.40. The smallest absolute Gasteiger partial charge is 0.335 e. The molecule has 92 valence electrons. The van der Waals surface area contributed by atoms with E-state index in [2.05, 4.69) is 4.98 Å². The van der Waals surface area contributed by atoms with Crippen LogP contribution in [0.5, 0.6) is 5.75 Å². The zero-order chi connectivity index (χ0) is 13.0. The molecule has 1 aromatic heterocycles. The van der Waals surface area contributed by atoms with E-state index in [0.717, 1.165) is 17.0 Å². The molecule has 0 bridgehead atoms. The minimum absolute atomic E-state index is 0.268. The summed E-state index contributed by atoms with van der Waals surface area (Å²) < 4.78 is 5.31. The highest BCUT2D eigenvalue weighted by Crippen LogP contribution is 2.20. The number of ether oxygens (including phenoxy) is 1. The quantitative estimate of drug-likeness (QED) is 0.897. The van der Waals surface area contributed by atoms with Crippen LogP contribution < -0.4 is 4.74 Å². The standard InChI is InChI=1S/C14H13NO3/c1-2-18-12-7-8-13(15-9-12)10-3-5-11(6-4-10)14(16)17/h3-9H,2H2,1H3,(H,16,17). The first-order chi connectivity index (χ1) is 8.70. The molecule has 1 aromatic carbocycles. The number of pyridine rings is 1. The third-order valence-electron chi connectivity index (χ3n) is 2.47. The van der Waals surface area contributed by atoms with E-state index in [9.17, 15) is 4.79 Å². The lowest BCUT2D eigenvalue weighted by molar-refractivity contribution is 0.0697. The molecule has 0 unspecified atom stereocenters. The van der Waals surface area contributed by atoms with Gasteiger partial charge in [0.2, 0.25) is 0 Å². The summed E-state index contributed by atoms with van der Waals surface area (Å²) in [7, 11) is 0. The van der Waals surface area contributed by atoms with Crippen molar-refractivity contribution in [2.45, 2.75) is 6.92 Å². The summed E-state index contributed by atoms with van der Waals surface area (Å²) in [5.41, 5.74) is 1.93. The van der Waals surface area contributed by atoms with Gasteiger partial charge in [-0.05, 0) is 31.2 Å². The second-order valence-corrected chi connectivity index (χ2v) is 3.69. The van der Waals surface area contributed by atoms with E-state index in [4.69, 9.17) is 9.84 Å². The Morgan fingerprint density at radius 1 is 1.22 bits per heavy atom. The molecule has 0 radical (unpaired) electrons. The van der Waals surface area contributed by atoms with Crippen LogP contribution in [0.1, 0.15) is 17.3 Å². The van der Waals surface area contributed by atoms with Gasteiger partial charge in [0.1, 0.15) is 5.75 Å². The lowest BCUT2D eigenvalue weighted by Gasteiger charge is -2.04. The van der Waals surface area contributed by atoms with Crippen LogP contribution in [0.4, 0.5) is 0 Å². The summed E-state index contributed by atoms with van der Waals surface area (Å²) in [4.78, 5) is 15.0. The zero-order valence-corrected chi connectivity index (χ0v) is 9.96. The van der Waals surface area contributed by atoms with Crippen molar-refractivity contribution >= 4 is 5.97 Å². The third-order valence-corrected chi connectivity index (χ3v) is 2.47. The Kier molecular flexibility index (Phi) is 3.57. The molecule has 0 atom stereocenters. The predicted octanol–water partition coefficient (Wildman–Crippen LogP) is 2.85. The van der Waals surface area contributed by atoms with Gasteiger partial charge in [0.05, 0.1) is 24.1 Å². The molecule has 0 spiro atoms. The summed E-state index contributed by atoms with van der Waals surface area (Å²) in [6.45, 7) is 2.52. The Morgan fingerprint density at radius 3 is 2.44 bits per heavy atom. The van der Waals surface area contributed by atoms with Crippen molar-refractivity contribution in [3.63, 3.8) is 0 Å². The number of carboxylic acid groups (broad SMARTS) is 1. The molecule has 0 aliphatic carbocycles. The Balaban J connectivity index is 2.23. The van der Waals surface area contributed by atoms with Crippen LogP contribution in [0, 0.1) is 0 Å². The normalized spacial score (nSPS) is 10.1. The van der Waals surface area contributed by atoms with E-state index >= 15 is 0 Å². The van der Waals surface area contributed by atoms with Gasteiger partial charge in [0.25, 0.3) is 0 Å². The van der Waals surface area contributed by atoms with Gasteiger partial charge in [-0.2, -0.15) is 0 Å². The number of hydrogen-bond donors (Lipinski definition) is 1. The SMILES string of the molecule is CCOc1ccc(-c2ccc(C(=O)O)cc2)nc1.